The van der Waals surface area contributed by atoms with Crippen LogP contribution in [0.1, 0.15) is 20.7 Å². The standard InChI is InChI=1S/C13H14N2O4S/c1-19-13(18)10-6-20-7-15(10)12(17)9-4-2-8(3-5-9)11(14)16/h2-5,10H,6-7H2,1H3,(H2,14,16). The third-order valence-electron chi connectivity index (χ3n) is 3.03. The molecule has 0 radical (unpaired) electrons. The molecule has 0 saturated carbocycles. The summed E-state index contributed by atoms with van der Waals surface area (Å²) >= 11 is 1.50. The van der Waals surface area contributed by atoms with Gasteiger partial charge in [-0.15, -0.1) is 11.8 Å². The first-order valence-corrected chi connectivity index (χ1v) is 7.06. The summed E-state index contributed by atoms with van der Waals surface area (Å²) in [5.74, 6) is -0.264. The van der Waals surface area contributed by atoms with E-state index in [1.807, 2.05) is 0 Å². The summed E-state index contributed by atoms with van der Waals surface area (Å²) < 4.78 is 4.69. The van der Waals surface area contributed by atoms with Gasteiger partial charge in [0, 0.05) is 16.9 Å². The third-order valence-corrected chi connectivity index (χ3v) is 4.04. The molecular weight excluding hydrogens is 280 g/mol. The molecule has 1 unspecified atom stereocenters. The molecule has 1 aromatic rings. The number of esters is 1. The number of hydrogen-bond donors (Lipinski definition) is 1. The van der Waals surface area contributed by atoms with Crippen LogP contribution < -0.4 is 5.73 Å². The molecule has 6 nitrogen and oxygen atoms in total. The van der Waals surface area contributed by atoms with Gasteiger partial charge in [0.05, 0.1) is 13.0 Å². The van der Waals surface area contributed by atoms with Gasteiger partial charge in [0.2, 0.25) is 5.91 Å². The van der Waals surface area contributed by atoms with E-state index >= 15 is 0 Å². The number of ether oxygens (including phenoxy) is 1. The van der Waals surface area contributed by atoms with E-state index in [0.717, 1.165) is 0 Å². The zero-order chi connectivity index (χ0) is 14.7. The van der Waals surface area contributed by atoms with Gasteiger partial charge in [-0.3, -0.25) is 9.59 Å². The topological polar surface area (TPSA) is 89.7 Å². The van der Waals surface area contributed by atoms with Crippen molar-refractivity contribution >= 4 is 29.5 Å². The number of nitrogens with two attached hydrogens (primary N) is 1. The summed E-state index contributed by atoms with van der Waals surface area (Å²) in [4.78, 5) is 36.4. The Hall–Kier alpha value is -2.02. The molecule has 0 aliphatic carbocycles. The molecule has 1 aliphatic heterocycles. The molecule has 20 heavy (non-hydrogen) atoms. The first-order chi connectivity index (χ1) is 9.54. The van der Waals surface area contributed by atoms with Gasteiger partial charge < -0.3 is 15.4 Å². The highest BCUT2D eigenvalue weighted by Gasteiger charge is 2.35. The number of benzene rings is 1. The number of carbonyl (C=O) groups is 3. The second-order valence-corrected chi connectivity index (χ2v) is 5.26. The zero-order valence-electron chi connectivity index (χ0n) is 10.9. The molecule has 2 rings (SSSR count). The van der Waals surface area contributed by atoms with Crippen molar-refractivity contribution in [3.63, 3.8) is 0 Å². The maximum atomic E-state index is 12.3. The Balaban J connectivity index is 2.18. The lowest BCUT2D eigenvalue weighted by Gasteiger charge is -2.21. The molecule has 0 spiro atoms. The van der Waals surface area contributed by atoms with Crippen LogP contribution in [0.4, 0.5) is 0 Å². The van der Waals surface area contributed by atoms with Crippen LogP contribution in [0.2, 0.25) is 0 Å². The molecule has 2 N–H and O–H groups in total. The van der Waals surface area contributed by atoms with E-state index in [-0.39, 0.29) is 5.91 Å². The van der Waals surface area contributed by atoms with Crippen molar-refractivity contribution in [2.75, 3.05) is 18.7 Å². The third kappa shape index (κ3) is 2.77. The Morgan fingerprint density at radius 3 is 2.40 bits per heavy atom. The molecule has 1 saturated heterocycles. The van der Waals surface area contributed by atoms with Crippen molar-refractivity contribution in [3.05, 3.63) is 35.4 Å². The highest BCUT2D eigenvalue weighted by atomic mass is 32.2. The fourth-order valence-electron chi connectivity index (χ4n) is 1.92. The van der Waals surface area contributed by atoms with Gasteiger partial charge in [-0.25, -0.2) is 4.79 Å². The fourth-order valence-corrected chi connectivity index (χ4v) is 3.06. The van der Waals surface area contributed by atoms with E-state index in [2.05, 4.69) is 0 Å². The van der Waals surface area contributed by atoms with Crippen LogP contribution >= 0.6 is 11.8 Å². The Bertz CT molecular complexity index is 544. The van der Waals surface area contributed by atoms with E-state index in [0.29, 0.717) is 22.8 Å². The number of methoxy groups -OCH3 is 1. The summed E-state index contributed by atoms with van der Waals surface area (Å²) in [5.41, 5.74) is 5.89. The molecule has 1 aromatic carbocycles. The predicted molar refractivity (Wildman–Crippen MR) is 74.3 cm³/mol. The second kappa shape index (κ2) is 5.96. The number of rotatable bonds is 3. The van der Waals surface area contributed by atoms with Crippen molar-refractivity contribution in [1.29, 1.82) is 0 Å². The van der Waals surface area contributed by atoms with Crippen LogP contribution in [-0.2, 0) is 9.53 Å². The minimum absolute atomic E-state index is 0.263. The molecule has 0 bridgehead atoms. The fraction of sp³-hybridized carbons (Fsp3) is 0.308. The number of thioether (sulfide) groups is 1. The van der Waals surface area contributed by atoms with Crippen LogP contribution in [0.5, 0.6) is 0 Å². The molecule has 1 fully saturated rings. The molecule has 106 valence electrons. The number of nitrogens with zero attached hydrogens (tertiary/aromatic N) is 1. The molecule has 0 aromatic heterocycles. The molecule has 1 atom stereocenters. The lowest BCUT2D eigenvalue weighted by atomic mass is 10.1. The minimum atomic E-state index is -0.562. The van der Waals surface area contributed by atoms with Crippen molar-refractivity contribution in [2.24, 2.45) is 5.73 Å². The van der Waals surface area contributed by atoms with Crippen molar-refractivity contribution in [1.82, 2.24) is 4.90 Å². The lowest BCUT2D eigenvalue weighted by molar-refractivity contribution is -0.144. The maximum Gasteiger partial charge on any atom is 0.329 e. The van der Waals surface area contributed by atoms with Crippen LogP contribution in [0.25, 0.3) is 0 Å². The average molecular weight is 294 g/mol. The number of primary amides is 1. The van der Waals surface area contributed by atoms with Gasteiger partial charge in [-0.2, -0.15) is 0 Å². The van der Waals surface area contributed by atoms with Gasteiger partial charge >= 0.3 is 5.97 Å². The van der Waals surface area contributed by atoms with Gasteiger partial charge in [0.25, 0.3) is 5.91 Å². The summed E-state index contributed by atoms with van der Waals surface area (Å²) in [6, 6.07) is 5.48. The summed E-state index contributed by atoms with van der Waals surface area (Å²) in [5, 5.41) is 0. The van der Waals surface area contributed by atoms with E-state index in [1.54, 1.807) is 0 Å². The first-order valence-electron chi connectivity index (χ1n) is 5.91. The number of hydrogen-bond acceptors (Lipinski definition) is 5. The average Bonchev–Trinajstić information content (AvgIpc) is 2.95. The lowest BCUT2D eigenvalue weighted by Crippen LogP contribution is -2.42. The van der Waals surface area contributed by atoms with Crippen molar-refractivity contribution < 1.29 is 19.1 Å². The summed E-state index contributed by atoms with van der Waals surface area (Å²) in [6.07, 6.45) is 0. The first kappa shape index (κ1) is 14.4. The van der Waals surface area contributed by atoms with E-state index in [4.69, 9.17) is 10.5 Å². The Morgan fingerprint density at radius 1 is 1.25 bits per heavy atom. The quantitative estimate of drug-likeness (QED) is 0.819. The highest BCUT2D eigenvalue weighted by molar-refractivity contribution is 7.99. The Kier molecular flexibility index (Phi) is 4.29. The SMILES string of the molecule is COC(=O)C1CSCN1C(=O)c1ccc(C(N)=O)cc1. The zero-order valence-corrected chi connectivity index (χ0v) is 11.7. The Morgan fingerprint density at radius 2 is 1.85 bits per heavy atom. The van der Waals surface area contributed by atoms with Crippen LogP contribution in [0.3, 0.4) is 0 Å². The normalized spacial score (nSPS) is 17.9. The predicted octanol–water partition coefficient (Wildman–Crippen LogP) is 0.474. The van der Waals surface area contributed by atoms with Gasteiger partial charge in [-0.1, -0.05) is 0 Å². The number of amides is 2. The van der Waals surface area contributed by atoms with Crippen LogP contribution in [0, 0.1) is 0 Å². The van der Waals surface area contributed by atoms with Crippen molar-refractivity contribution in [3.8, 4) is 0 Å². The van der Waals surface area contributed by atoms with Gasteiger partial charge in [0.15, 0.2) is 0 Å². The molecule has 2 amide bonds. The van der Waals surface area contributed by atoms with Crippen LogP contribution in [0.15, 0.2) is 24.3 Å². The van der Waals surface area contributed by atoms with E-state index in [9.17, 15) is 14.4 Å². The van der Waals surface area contributed by atoms with Gasteiger partial charge in [0.1, 0.15) is 6.04 Å². The second-order valence-electron chi connectivity index (χ2n) is 4.26. The smallest absolute Gasteiger partial charge is 0.329 e. The maximum absolute atomic E-state index is 12.3. The van der Waals surface area contributed by atoms with Gasteiger partial charge in [-0.05, 0) is 24.3 Å². The summed E-state index contributed by atoms with van der Waals surface area (Å²) in [7, 11) is 1.30. The van der Waals surface area contributed by atoms with E-state index < -0.39 is 17.9 Å². The van der Waals surface area contributed by atoms with Crippen molar-refractivity contribution in [2.45, 2.75) is 6.04 Å². The Labute approximate surface area is 120 Å². The molecule has 1 heterocycles. The monoisotopic (exact) mass is 294 g/mol. The molecule has 7 heteroatoms. The number of carbonyl (C=O) groups excluding carboxylic acids is 3. The van der Waals surface area contributed by atoms with E-state index in [1.165, 1.54) is 48.0 Å². The molecule has 1 aliphatic rings. The van der Waals surface area contributed by atoms with Crippen LogP contribution in [-0.4, -0.2) is 47.5 Å². The summed E-state index contributed by atoms with van der Waals surface area (Å²) in [6.45, 7) is 0. The minimum Gasteiger partial charge on any atom is -0.467 e. The highest BCUT2D eigenvalue weighted by Crippen LogP contribution is 2.24. The largest absolute Gasteiger partial charge is 0.467 e. The molecular formula is C13H14N2O4S.